The van der Waals surface area contributed by atoms with Gasteiger partial charge in [0.1, 0.15) is 0 Å². The number of H-pyrrole nitrogens is 2. The fraction of sp³-hybridized carbons (Fsp3) is 0. The van der Waals surface area contributed by atoms with E-state index in [1.54, 1.807) is 72.8 Å². The molecule has 0 aliphatic heterocycles. The summed E-state index contributed by atoms with van der Waals surface area (Å²) in [7, 11) is 0. The molecule has 0 saturated heterocycles. The summed E-state index contributed by atoms with van der Waals surface area (Å²) in [6, 6.07) is 24.2. The number of benzene rings is 3. The summed E-state index contributed by atoms with van der Waals surface area (Å²) in [5.74, 6) is 0. The quantitative estimate of drug-likeness (QED) is 0.359. The first-order chi connectivity index (χ1) is 16.6. The molecule has 5 aromatic rings. The summed E-state index contributed by atoms with van der Waals surface area (Å²) in [6.07, 6.45) is 0. The average Bonchev–Trinajstić information content (AvgIpc) is 3.41. The number of para-hydroxylation sites is 2. The molecule has 0 radical (unpaired) electrons. The predicted octanol–water partition coefficient (Wildman–Crippen LogP) is 4.77. The van der Waals surface area contributed by atoms with E-state index in [0.717, 1.165) is 0 Å². The second kappa shape index (κ2) is 8.43. The normalized spacial score (nSPS) is 10.8. The predicted molar refractivity (Wildman–Crippen MR) is 128 cm³/mol. The largest absolute Gasteiger partial charge is 0.301 e. The van der Waals surface area contributed by atoms with Crippen LogP contribution in [0, 0.1) is 9.81 Å². The van der Waals surface area contributed by atoms with E-state index in [0.29, 0.717) is 22.5 Å². The molecule has 0 saturated carbocycles. The number of aromatic nitrogens is 4. The highest BCUT2D eigenvalue weighted by Crippen LogP contribution is 2.31. The van der Waals surface area contributed by atoms with Crippen molar-refractivity contribution in [3.63, 3.8) is 0 Å². The number of nitrogens with one attached hydrogen (secondary N) is 2. The first kappa shape index (κ1) is 20.8. The third kappa shape index (κ3) is 3.39. The molecule has 2 heterocycles. The summed E-state index contributed by atoms with van der Waals surface area (Å²) in [5, 5.41) is 11.7. The topological polar surface area (TPSA) is 134 Å². The van der Waals surface area contributed by atoms with Crippen molar-refractivity contribution in [2.45, 2.75) is 0 Å². The van der Waals surface area contributed by atoms with Gasteiger partial charge in [0.2, 0.25) is 0 Å². The van der Waals surface area contributed by atoms with Gasteiger partial charge in [-0.25, -0.2) is 9.36 Å². The van der Waals surface area contributed by atoms with Crippen LogP contribution in [0.25, 0.3) is 33.9 Å². The summed E-state index contributed by atoms with van der Waals surface area (Å²) < 4.78 is 2.48. The van der Waals surface area contributed by atoms with E-state index in [1.807, 2.05) is 12.1 Å². The first-order valence-electron chi connectivity index (χ1n) is 10.2. The molecule has 0 aliphatic rings. The standard InChI is InChI=1S/C24H16N6O4/c31-23-21(27-33)19(25-29(23)17-7-3-1-4-8-17)15-11-13-16(14-12-15)20-22(28-34)24(32)30(26-20)18-9-5-2-6-10-18/h1-14,25-26H. The Hall–Kier alpha value is -5.12. The lowest BCUT2D eigenvalue weighted by Gasteiger charge is -2.04. The molecule has 3 aromatic carbocycles. The van der Waals surface area contributed by atoms with Gasteiger partial charge in [0.25, 0.3) is 0 Å². The van der Waals surface area contributed by atoms with Gasteiger partial charge < -0.3 is 0 Å². The molecule has 0 unspecified atom stereocenters. The Morgan fingerprint density at radius 1 is 0.529 bits per heavy atom. The minimum absolute atomic E-state index is 0.250. The van der Waals surface area contributed by atoms with Gasteiger partial charge in [-0.05, 0) is 34.6 Å². The van der Waals surface area contributed by atoms with Gasteiger partial charge >= 0.3 is 11.1 Å². The van der Waals surface area contributed by atoms with E-state index in [9.17, 15) is 19.4 Å². The van der Waals surface area contributed by atoms with E-state index in [1.165, 1.54) is 9.36 Å². The molecule has 10 heteroatoms. The van der Waals surface area contributed by atoms with Crippen molar-refractivity contribution in [1.82, 2.24) is 19.6 Å². The van der Waals surface area contributed by atoms with Gasteiger partial charge in [-0.15, -0.1) is 9.81 Å². The van der Waals surface area contributed by atoms with Crippen molar-refractivity contribution in [2.75, 3.05) is 0 Å². The van der Waals surface area contributed by atoms with Crippen LogP contribution >= 0.6 is 0 Å². The molecule has 0 bridgehead atoms. The number of aromatic amines is 2. The monoisotopic (exact) mass is 452 g/mol. The fourth-order valence-electron chi connectivity index (χ4n) is 3.75. The highest BCUT2D eigenvalue weighted by molar-refractivity contribution is 5.77. The maximum atomic E-state index is 12.7. The number of hydrogen-bond acceptors (Lipinski definition) is 6. The molecule has 5 rings (SSSR count). The molecule has 10 nitrogen and oxygen atoms in total. The van der Waals surface area contributed by atoms with Gasteiger partial charge in [-0.2, -0.15) is 0 Å². The fourth-order valence-corrected chi connectivity index (χ4v) is 3.75. The van der Waals surface area contributed by atoms with E-state index in [2.05, 4.69) is 20.6 Å². The van der Waals surface area contributed by atoms with Crippen molar-refractivity contribution in [3.05, 3.63) is 115 Å². The molecular weight excluding hydrogens is 436 g/mol. The zero-order valence-corrected chi connectivity index (χ0v) is 17.5. The van der Waals surface area contributed by atoms with Crippen LogP contribution in [-0.2, 0) is 0 Å². The molecule has 0 amide bonds. The molecule has 2 aromatic heterocycles. The third-order valence-electron chi connectivity index (χ3n) is 5.41. The van der Waals surface area contributed by atoms with Gasteiger partial charge in [-0.3, -0.25) is 19.8 Å². The van der Waals surface area contributed by atoms with E-state index in [4.69, 9.17) is 0 Å². The second-order valence-corrected chi connectivity index (χ2v) is 7.38. The van der Waals surface area contributed by atoms with E-state index in [-0.39, 0.29) is 22.8 Å². The SMILES string of the molecule is O=Nc1c(-c2ccc(-c3[nH]n(-c4ccccc4)c(=O)c3N=O)cc2)[nH]n(-c2ccccc2)c1=O. The Morgan fingerprint density at radius 2 is 0.882 bits per heavy atom. The van der Waals surface area contributed by atoms with Crippen LogP contribution in [0.5, 0.6) is 0 Å². The van der Waals surface area contributed by atoms with Crippen molar-refractivity contribution in [1.29, 1.82) is 0 Å². The lowest BCUT2D eigenvalue weighted by molar-refractivity contribution is 0.852. The Kier molecular flexibility index (Phi) is 5.15. The Bertz CT molecular complexity index is 1490. The zero-order chi connectivity index (χ0) is 23.7. The highest BCUT2D eigenvalue weighted by Gasteiger charge is 2.20. The summed E-state index contributed by atoms with van der Waals surface area (Å²) >= 11 is 0. The maximum absolute atomic E-state index is 12.7. The van der Waals surface area contributed by atoms with Gasteiger partial charge in [0.05, 0.1) is 22.8 Å². The van der Waals surface area contributed by atoms with Crippen LogP contribution in [-0.4, -0.2) is 19.6 Å². The molecule has 0 aliphatic carbocycles. The molecule has 166 valence electrons. The minimum Gasteiger partial charge on any atom is -0.288 e. The number of nitroso groups, excluding NO2 is 2. The van der Waals surface area contributed by atoms with Crippen LogP contribution in [0.15, 0.2) is 105 Å². The molecule has 34 heavy (non-hydrogen) atoms. The van der Waals surface area contributed by atoms with Crippen LogP contribution in [0.3, 0.4) is 0 Å². The zero-order valence-electron chi connectivity index (χ0n) is 17.5. The van der Waals surface area contributed by atoms with Crippen molar-refractivity contribution in [3.8, 4) is 33.9 Å². The van der Waals surface area contributed by atoms with Gasteiger partial charge in [0.15, 0.2) is 11.4 Å². The third-order valence-corrected chi connectivity index (χ3v) is 5.41. The lowest BCUT2D eigenvalue weighted by atomic mass is 10.1. The number of hydrogen-bond donors (Lipinski definition) is 2. The lowest BCUT2D eigenvalue weighted by Crippen LogP contribution is -2.13. The smallest absolute Gasteiger partial charge is 0.288 e. The van der Waals surface area contributed by atoms with Crippen molar-refractivity contribution < 1.29 is 0 Å². The van der Waals surface area contributed by atoms with Crippen LogP contribution in [0.2, 0.25) is 0 Å². The molecule has 0 fully saturated rings. The van der Waals surface area contributed by atoms with Crippen molar-refractivity contribution >= 4 is 11.4 Å². The number of rotatable bonds is 6. The molecular formula is C24H16N6O4. The highest BCUT2D eigenvalue weighted by atomic mass is 16.3. The van der Waals surface area contributed by atoms with E-state index >= 15 is 0 Å². The second-order valence-electron chi connectivity index (χ2n) is 7.38. The summed E-state index contributed by atoms with van der Waals surface area (Å²) in [6.45, 7) is 0. The number of nitrogens with zero attached hydrogens (tertiary/aromatic N) is 4. The molecule has 2 N–H and O–H groups in total. The Labute approximate surface area is 191 Å². The average molecular weight is 452 g/mol. The summed E-state index contributed by atoms with van der Waals surface area (Å²) in [5.41, 5.74) is 1.01. The molecule has 0 spiro atoms. The Morgan fingerprint density at radius 3 is 1.21 bits per heavy atom. The Balaban J connectivity index is 1.57. The molecule has 0 atom stereocenters. The van der Waals surface area contributed by atoms with Gasteiger partial charge in [-0.1, -0.05) is 60.7 Å². The summed E-state index contributed by atoms with van der Waals surface area (Å²) in [4.78, 5) is 48.3. The first-order valence-corrected chi connectivity index (χ1v) is 10.2. The maximum Gasteiger partial charge on any atom is 0.301 e. The van der Waals surface area contributed by atoms with Crippen molar-refractivity contribution in [2.24, 2.45) is 10.4 Å². The minimum atomic E-state index is -0.572. The van der Waals surface area contributed by atoms with Crippen LogP contribution in [0.1, 0.15) is 0 Å². The van der Waals surface area contributed by atoms with Crippen LogP contribution in [0.4, 0.5) is 11.4 Å². The van der Waals surface area contributed by atoms with Crippen LogP contribution < -0.4 is 11.1 Å². The van der Waals surface area contributed by atoms with Gasteiger partial charge in [0, 0.05) is 11.1 Å². The van der Waals surface area contributed by atoms with E-state index < -0.39 is 11.1 Å².